The van der Waals surface area contributed by atoms with E-state index in [4.69, 9.17) is 10.8 Å². The van der Waals surface area contributed by atoms with Crippen LogP contribution >= 0.6 is 0 Å². The first kappa shape index (κ1) is 12.2. The molecule has 0 saturated heterocycles. The summed E-state index contributed by atoms with van der Waals surface area (Å²) in [6.07, 6.45) is 0. The first-order valence-electron chi connectivity index (χ1n) is 4.82. The van der Waals surface area contributed by atoms with Gasteiger partial charge in [-0.2, -0.15) is 0 Å². The van der Waals surface area contributed by atoms with Gasteiger partial charge in [-0.15, -0.1) is 0 Å². The number of carbonyl (C=O) groups is 2. The highest BCUT2D eigenvalue weighted by Crippen LogP contribution is 2.17. The number of amides is 1. The van der Waals surface area contributed by atoms with Crippen molar-refractivity contribution in [1.82, 2.24) is 0 Å². The van der Waals surface area contributed by atoms with Crippen molar-refractivity contribution in [2.45, 2.75) is 19.9 Å². The molecule has 0 spiro atoms. The Morgan fingerprint density at radius 2 is 2.06 bits per heavy atom. The van der Waals surface area contributed by atoms with Gasteiger partial charge in [-0.1, -0.05) is 11.6 Å². The fraction of sp³-hybridized carbons (Fsp3) is 0.273. The summed E-state index contributed by atoms with van der Waals surface area (Å²) in [5.41, 5.74) is 6.52. The number of benzene rings is 1. The molecule has 0 fully saturated rings. The van der Waals surface area contributed by atoms with Gasteiger partial charge in [-0.3, -0.25) is 4.79 Å². The molecule has 1 unspecified atom stereocenters. The smallest absolute Gasteiger partial charge is 0.337 e. The zero-order valence-electron chi connectivity index (χ0n) is 9.15. The summed E-state index contributed by atoms with van der Waals surface area (Å²) in [7, 11) is 0. The average molecular weight is 222 g/mol. The van der Waals surface area contributed by atoms with Gasteiger partial charge in [-0.25, -0.2) is 4.79 Å². The summed E-state index contributed by atoms with van der Waals surface area (Å²) in [5.74, 6) is -1.49. The summed E-state index contributed by atoms with van der Waals surface area (Å²) < 4.78 is 0. The van der Waals surface area contributed by atoms with Gasteiger partial charge >= 0.3 is 5.97 Å². The third-order valence-electron chi connectivity index (χ3n) is 2.08. The number of rotatable bonds is 3. The van der Waals surface area contributed by atoms with Crippen molar-refractivity contribution in [1.29, 1.82) is 0 Å². The van der Waals surface area contributed by atoms with Crippen LogP contribution < -0.4 is 11.1 Å². The van der Waals surface area contributed by atoms with Crippen LogP contribution in [-0.2, 0) is 4.79 Å². The van der Waals surface area contributed by atoms with Crippen LogP contribution in [0.15, 0.2) is 18.2 Å². The van der Waals surface area contributed by atoms with Crippen molar-refractivity contribution in [3.63, 3.8) is 0 Å². The quantitative estimate of drug-likeness (QED) is 0.710. The lowest BCUT2D eigenvalue weighted by molar-refractivity contribution is -0.117. The molecule has 5 nitrogen and oxygen atoms in total. The first-order chi connectivity index (χ1) is 7.41. The minimum absolute atomic E-state index is 0.0639. The highest BCUT2D eigenvalue weighted by molar-refractivity contribution is 6.02. The molecular formula is C11H14N2O3. The SMILES string of the molecule is Cc1ccc(NC(=O)C(C)N)c(C(=O)O)c1. The van der Waals surface area contributed by atoms with E-state index in [1.807, 2.05) is 0 Å². The Morgan fingerprint density at radius 3 is 2.56 bits per heavy atom. The highest BCUT2D eigenvalue weighted by Gasteiger charge is 2.14. The Hall–Kier alpha value is -1.88. The zero-order valence-corrected chi connectivity index (χ0v) is 9.15. The van der Waals surface area contributed by atoms with Crippen LogP contribution in [0.3, 0.4) is 0 Å². The van der Waals surface area contributed by atoms with E-state index in [1.165, 1.54) is 13.0 Å². The topological polar surface area (TPSA) is 92.4 Å². The van der Waals surface area contributed by atoms with Crippen molar-refractivity contribution in [3.8, 4) is 0 Å². The molecule has 0 heterocycles. The van der Waals surface area contributed by atoms with Crippen molar-refractivity contribution in [3.05, 3.63) is 29.3 Å². The maximum absolute atomic E-state index is 11.3. The average Bonchev–Trinajstić information content (AvgIpc) is 2.20. The monoisotopic (exact) mass is 222 g/mol. The van der Waals surface area contributed by atoms with E-state index in [9.17, 15) is 9.59 Å². The number of hydrogen-bond acceptors (Lipinski definition) is 3. The maximum atomic E-state index is 11.3. The molecule has 1 aromatic rings. The predicted octanol–water partition coefficient (Wildman–Crippen LogP) is 0.979. The van der Waals surface area contributed by atoms with Crippen molar-refractivity contribution in [2.24, 2.45) is 5.73 Å². The van der Waals surface area contributed by atoms with Crippen LogP contribution in [-0.4, -0.2) is 23.0 Å². The minimum atomic E-state index is -1.08. The molecule has 5 heteroatoms. The number of carboxylic acid groups (broad SMARTS) is 1. The lowest BCUT2D eigenvalue weighted by Crippen LogP contribution is -2.33. The van der Waals surface area contributed by atoms with Gasteiger partial charge < -0.3 is 16.2 Å². The third kappa shape index (κ3) is 2.80. The molecular weight excluding hydrogens is 208 g/mol. The number of nitrogens with one attached hydrogen (secondary N) is 1. The standard InChI is InChI=1S/C11H14N2O3/c1-6-3-4-9(8(5-6)11(15)16)13-10(14)7(2)12/h3-5,7H,12H2,1-2H3,(H,13,14)(H,15,16). The van der Waals surface area contributed by atoms with Crippen LogP contribution in [0.4, 0.5) is 5.69 Å². The van der Waals surface area contributed by atoms with E-state index in [0.29, 0.717) is 0 Å². The first-order valence-corrected chi connectivity index (χ1v) is 4.82. The number of carboxylic acids is 1. The second-order valence-electron chi connectivity index (χ2n) is 3.63. The summed E-state index contributed by atoms with van der Waals surface area (Å²) in [6.45, 7) is 3.31. The highest BCUT2D eigenvalue weighted by atomic mass is 16.4. The van der Waals surface area contributed by atoms with Crippen molar-refractivity contribution < 1.29 is 14.7 Å². The van der Waals surface area contributed by atoms with Gasteiger partial charge in [0.15, 0.2) is 0 Å². The Kier molecular flexibility index (Phi) is 3.63. The van der Waals surface area contributed by atoms with Gasteiger partial charge in [0.25, 0.3) is 0 Å². The molecule has 4 N–H and O–H groups in total. The van der Waals surface area contributed by atoms with Crippen LogP contribution in [0.2, 0.25) is 0 Å². The van der Waals surface area contributed by atoms with Crippen LogP contribution in [0.5, 0.6) is 0 Å². The number of aromatic carboxylic acids is 1. The molecule has 1 atom stereocenters. The lowest BCUT2D eigenvalue weighted by atomic mass is 10.1. The molecule has 0 saturated carbocycles. The second-order valence-corrected chi connectivity index (χ2v) is 3.63. The molecule has 1 aromatic carbocycles. The Balaban J connectivity index is 3.04. The third-order valence-corrected chi connectivity index (χ3v) is 2.08. The van der Waals surface area contributed by atoms with E-state index in [0.717, 1.165) is 5.56 Å². The molecule has 0 aromatic heterocycles. The van der Waals surface area contributed by atoms with Crippen LogP contribution in [0, 0.1) is 6.92 Å². The van der Waals surface area contributed by atoms with Crippen molar-refractivity contribution in [2.75, 3.05) is 5.32 Å². The van der Waals surface area contributed by atoms with Gasteiger partial charge in [0.2, 0.25) is 5.91 Å². The molecule has 86 valence electrons. The molecule has 0 aliphatic carbocycles. The summed E-state index contributed by atoms with van der Waals surface area (Å²) >= 11 is 0. The molecule has 0 radical (unpaired) electrons. The summed E-state index contributed by atoms with van der Waals surface area (Å²) in [6, 6.07) is 4.10. The number of anilines is 1. The van der Waals surface area contributed by atoms with E-state index >= 15 is 0 Å². The zero-order chi connectivity index (χ0) is 12.3. The van der Waals surface area contributed by atoms with Crippen molar-refractivity contribution >= 4 is 17.6 Å². The summed E-state index contributed by atoms with van der Waals surface area (Å²) in [4.78, 5) is 22.3. The largest absolute Gasteiger partial charge is 0.478 e. The minimum Gasteiger partial charge on any atom is -0.478 e. The second kappa shape index (κ2) is 4.76. The Labute approximate surface area is 93.3 Å². The summed E-state index contributed by atoms with van der Waals surface area (Å²) in [5, 5.41) is 11.4. The lowest BCUT2D eigenvalue weighted by Gasteiger charge is -2.10. The van der Waals surface area contributed by atoms with E-state index in [1.54, 1.807) is 19.1 Å². The molecule has 0 aliphatic heterocycles. The molecule has 1 rings (SSSR count). The number of nitrogens with two attached hydrogens (primary N) is 1. The number of aryl methyl sites for hydroxylation is 1. The van der Waals surface area contributed by atoms with Gasteiger partial charge in [0.05, 0.1) is 17.3 Å². The predicted molar refractivity (Wildman–Crippen MR) is 60.4 cm³/mol. The van der Waals surface area contributed by atoms with Gasteiger partial charge in [0, 0.05) is 0 Å². The van der Waals surface area contributed by atoms with E-state index < -0.39 is 17.9 Å². The molecule has 16 heavy (non-hydrogen) atoms. The fourth-order valence-electron chi connectivity index (χ4n) is 1.19. The molecule has 1 amide bonds. The number of carbonyl (C=O) groups excluding carboxylic acids is 1. The van der Waals surface area contributed by atoms with E-state index in [2.05, 4.69) is 5.32 Å². The fourth-order valence-corrected chi connectivity index (χ4v) is 1.19. The van der Waals surface area contributed by atoms with Gasteiger partial charge in [-0.05, 0) is 26.0 Å². The van der Waals surface area contributed by atoms with Crippen LogP contribution in [0.25, 0.3) is 0 Å². The molecule has 0 bridgehead atoms. The number of hydrogen-bond donors (Lipinski definition) is 3. The molecule has 0 aliphatic rings. The van der Waals surface area contributed by atoms with Crippen LogP contribution in [0.1, 0.15) is 22.8 Å². The Morgan fingerprint density at radius 1 is 1.44 bits per heavy atom. The maximum Gasteiger partial charge on any atom is 0.337 e. The Bertz CT molecular complexity index is 427. The van der Waals surface area contributed by atoms with E-state index in [-0.39, 0.29) is 11.3 Å². The van der Waals surface area contributed by atoms with Gasteiger partial charge in [0.1, 0.15) is 0 Å². The normalized spacial score (nSPS) is 11.9.